The fraction of sp³-hybridized carbons (Fsp3) is 0.273. The van der Waals surface area contributed by atoms with Crippen LogP contribution in [-0.2, 0) is 21.4 Å². The summed E-state index contributed by atoms with van der Waals surface area (Å²) in [5.41, 5.74) is 4.29. The Morgan fingerprint density at radius 3 is 2.53 bits per heavy atom. The summed E-state index contributed by atoms with van der Waals surface area (Å²) in [5, 5.41) is 2.87. The molecule has 8 heteroatoms. The summed E-state index contributed by atoms with van der Waals surface area (Å²) in [7, 11) is -3.66. The maximum Gasteiger partial charge on any atom is 0.243 e. The minimum absolute atomic E-state index is 0.266. The van der Waals surface area contributed by atoms with Crippen molar-refractivity contribution in [2.75, 3.05) is 10.6 Å². The molecule has 0 aliphatic rings. The highest BCUT2D eigenvalue weighted by Gasteiger charge is 2.29. The first-order chi connectivity index (χ1) is 14.2. The van der Waals surface area contributed by atoms with Crippen LogP contribution in [0.1, 0.15) is 23.6 Å². The van der Waals surface area contributed by atoms with E-state index in [2.05, 4.69) is 10.3 Å². The molecule has 30 heavy (non-hydrogen) atoms. The van der Waals surface area contributed by atoms with E-state index in [0.717, 1.165) is 32.9 Å². The minimum Gasteiger partial charge on any atom is -0.350 e. The van der Waals surface area contributed by atoms with Crippen molar-refractivity contribution in [1.29, 1.82) is 0 Å². The van der Waals surface area contributed by atoms with Crippen LogP contribution >= 0.6 is 0 Å². The summed E-state index contributed by atoms with van der Waals surface area (Å²) < 4.78 is 28.0. The van der Waals surface area contributed by atoms with Crippen molar-refractivity contribution in [3.63, 3.8) is 0 Å². The molecule has 0 bridgehead atoms. The average Bonchev–Trinajstić information content (AvgIpc) is 3.22. The lowest BCUT2D eigenvalue weighted by Gasteiger charge is -2.28. The third kappa shape index (κ3) is 4.71. The zero-order valence-electron chi connectivity index (χ0n) is 17.5. The van der Waals surface area contributed by atoms with Gasteiger partial charge in [-0.25, -0.2) is 13.4 Å². The zero-order valence-corrected chi connectivity index (χ0v) is 18.3. The number of aromatic nitrogens is 2. The van der Waals surface area contributed by atoms with Crippen molar-refractivity contribution in [3.05, 3.63) is 77.9 Å². The van der Waals surface area contributed by atoms with Crippen LogP contribution in [0.4, 0.5) is 5.69 Å². The number of rotatable bonds is 7. The molecular weight excluding hydrogens is 400 g/mol. The second-order valence-electron chi connectivity index (χ2n) is 7.32. The van der Waals surface area contributed by atoms with Gasteiger partial charge in [0.15, 0.2) is 0 Å². The molecule has 3 rings (SSSR count). The standard InChI is InChI=1S/C22H26N4O3S/c1-16-9-10-20(13-17(16)2)26(30(4,28)29)18(3)22(27)24-14-19-7-5-6-8-21(19)25-12-11-23-15-25/h5-13,15,18H,14H2,1-4H3,(H,24,27). The quantitative estimate of drug-likeness (QED) is 0.630. The van der Waals surface area contributed by atoms with Gasteiger partial charge in [-0.15, -0.1) is 0 Å². The molecule has 0 saturated carbocycles. The molecule has 158 valence electrons. The van der Waals surface area contributed by atoms with Crippen LogP contribution in [0.5, 0.6) is 0 Å². The lowest BCUT2D eigenvalue weighted by atomic mass is 10.1. The molecule has 1 heterocycles. The van der Waals surface area contributed by atoms with Crippen molar-refractivity contribution in [3.8, 4) is 5.69 Å². The molecule has 1 amide bonds. The molecule has 0 saturated heterocycles. The number of nitrogens with one attached hydrogen (secondary N) is 1. The molecule has 1 atom stereocenters. The number of sulfonamides is 1. The fourth-order valence-corrected chi connectivity index (χ4v) is 4.48. The monoisotopic (exact) mass is 426 g/mol. The van der Waals surface area contributed by atoms with Crippen LogP contribution in [0, 0.1) is 13.8 Å². The van der Waals surface area contributed by atoms with Gasteiger partial charge in [-0.3, -0.25) is 9.10 Å². The van der Waals surface area contributed by atoms with E-state index in [1.807, 2.05) is 54.9 Å². The molecule has 0 spiro atoms. The van der Waals surface area contributed by atoms with Crippen LogP contribution in [0.2, 0.25) is 0 Å². The Balaban J connectivity index is 1.81. The van der Waals surface area contributed by atoms with Gasteiger partial charge in [0.25, 0.3) is 0 Å². The lowest BCUT2D eigenvalue weighted by molar-refractivity contribution is -0.122. The van der Waals surface area contributed by atoms with E-state index in [-0.39, 0.29) is 12.5 Å². The van der Waals surface area contributed by atoms with Gasteiger partial charge in [-0.05, 0) is 55.7 Å². The van der Waals surface area contributed by atoms with E-state index in [4.69, 9.17) is 0 Å². The van der Waals surface area contributed by atoms with Crippen LogP contribution in [0.15, 0.2) is 61.2 Å². The Labute approximate surface area is 177 Å². The first-order valence-corrected chi connectivity index (χ1v) is 11.4. The second-order valence-corrected chi connectivity index (χ2v) is 9.18. The fourth-order valence-electron chi connectivity index (χ4n) is 3.32. The van der Waals surface area contributed by atoms with Crippen molar-refractivity contribution in [2.24, 2.45) is 0 Å². The third-order valence-electron chi connectivity index (χ3n) is 5.06. The highest BCUT2D eigenvalue weighted by molar-refractivity contribution is 7.92. The number of aryl methyl sites for hydroxylation is 2. The van der Waals surface area contributed by atoms with E-state index < -0.39 is 16.1 Å². The summed E-state index contributed by atoms with van der Waals surface area (Å²) in [6.07, 6.45) is 6.31. The van der Waals surface area contributed by atoms with Crippen molar-refractivity contribution in [2.45, 2.75) is 33.4 Å². The molecular formula is C22H26N4O3S. The zero-order chi connectivity index (χ0) is 21.9. The van der Waals surface area contributed by atoms with E-state index in [1.54, 1.807) is 31.6 Å². The van der Waals surface area contributed by atoms with Gasteiger partial charge in [0, 0.05) is 18.9 Å². The molecule has 0 fully saturated rings. The first-order valence-electron chi connectivity index (χ1n) is 9.59. The van der Waals surface area contributed by atoms with Gasteiger partial charge in [0.2, 0.25) is 15.9 Å². The van der Waals surface area contributed by atoms with E-state index in [1.165, 1.54) is 0 Å². The summed E-state index contributed by atoms with van der Waals surface area (Å²) in [6, 6.07) is 12.1. The Morgan fingerprint density at radius 2 is 1.90 bits per heavy atom. The Bertz CT molecular complexity index is 1140. The number of hydrogen-bond acceptors (Lipinski definition) is 4. The first kappa shape index (κ1) is 21.6. The van der Waals surface area contributed by atoms with Crippen molar-refractivity contribution >= 4 is 21.6 Å². The van der Waals surface area contributed by atoms with Crippen LogP contribution < -0.4 is 9.62 Å². The Hall–Kier alpha value is -3.13. The van der Waals surface area contributed by atoms with E-state index >= 15 is 0 Å². The number of carbonyl (C=O) groups is 1. The largest absolute Gasteiger partial charge is 0.350 e. The second kappa shape index (κ2) is 8.71. The highest BCUT2D eigenvalue weighted by Crippen LogP contribution is 2.24. The van der Waals surface area contributed by atoms with Gasteiger partial charge in [0.05, 0.1) is 24.0 Å². The van der Waals surface area contributed by atoms with Crippen LogP contribution in [-0.4, -0.2) is 36.2 Å². The molecule has 7 nitrogen and oxygen atoms in total. The van der Waals surface area contributed by atoms with E-state index in [9.17, 15) is 13.2 Å². The number of nitrogens with zero attached hydrogens (tertiary/aromatic N) is 3. The summed E-state index contributed by atoms with van der Waals surface area (Å²) in [4.78, 5) is 17.0. The summed E-state index contributed by atoms with van der Waals surface area (Å²) in [5.74, 6) is -0.376. The van der Waals surface area contributed by atoms with Crippen molar-refractivity contribution < 1.29 is 13.2 Å². The van der Waals surface area contributed by atoms with Crippen LogP contribution in [0.25, 0.3) is 5.69 Å². The van der Waals surface area contributed by atoms with E-state index in [0.29, 0.717) is 5.69 Å². The number of imidazole rings is 1. The van der Waals surface area contributed by atoms with Gasteiger partial charge in [0.1, 0.15) is 6.04 Å². The molecule has 2 aromatic carbocycles. The van der Waals surface area contributed by atoms with Crippen molar-refractivity contribution in [1.82, 2.24) is 14.9 Å². The molecule has 0 radical (unpaired) electrons. The number of benzene rings is 2. The maximum atomic E-state index is 12.9. The summed E-state index contributed by atoms with van der Waals surface area (Å²) in [6.45, 7) is 5.73. The third-order valence-corrected chi connectivity index (χ3v) is 6.30. The predicted molar refractivity (Wildman–Crippen MR) is 118 cm³/mol. The van der Waals surface area contributed by atoms with Crippen LogP contribution in [0.3, 0.4) is 0 Å². The number of anilines is 1. The lowest BCUT2D eigenvalue weighted by Crippen LogP contribution is -2.47. The summed E-state index contributed by atoms with van der Waals surface area (Å²) >= 11 is 0. The Kier molecular flexibility index (Phi) is 6.26. The molecule has 3 aromatic rings. The van der Waals surface area contributed by atoms with Gasteiger partial charge < -0.3 is 9.88 Å². The van der Waals surface area contributed by atoms with Gasteiger partial charge >= 0.3 is 0 Å². The normalized spacial score (nSPS) is 12.4. The Morgan fingerprint density at radius 1 is 1.17 bits per heavy atom. The number of amides is 1. The van der Waals surface area contributed by atoms with Gasteiger partial charge in [-0.2, -0.15) is 0 Å². The molecule has 0 aliphatic heterocycles. The minimum atomic E-state index is -3.66. The molecule has 1 aromatic heterocycles. The predicted octanol–water partition coefficient (Wildman–Crippen LogP) is 2.96. The average molecular weight is 427 g/mol. The van der Waals surface area contributed by atoms with Gasteiger partial charge in [-0.1, -0.05) is 24.3 Å². The smallest absolute Gasteiger partial charge is 0.243 e. The molecule has 1 N–H and O–H groups in total. The SMILES string of the molecule is Cc1ccc(N(C(C)C(=O)NCc2ccccc2-n2ccnc2)S(C)(=O)=O)cc1C. The number of carbonyl (C=O) groups excluding carboxylic acids is 1. The molecule has 1 unspecified atom stereocenters. The highest BCUT2D eigenvalue weighted by atomic mass is 32.2. The maximum absolute atomic E-state index is 12.9. The molecule has 0 aliphatic carbocycles. The topological polar surface area (TPSA) is 84.3 Å². The number of para-hydroxylation sites is 1. The number of hydrogen-bond donors (Lipinski definition) is 1.